The Morgan fingerprint density at radius 3 is 2.68 bits per heavy atom. The molecule has 0 bridgehead atoms. The predicted octanol–water partition coefficient (Wildman–Crippen LogP) is 3.81. The number of hydrogen-bond acceptors (Lipinski definition) is 3. The number of aliphatic carboxylic acids is 1. The summed E-state index contributed by atoms with van der Waals surface area (Å²) in [5, 5.41) is 14.7. The number of benzene rings is 2. The van der Waals surface area contributed by atoms with E-state index in [1.807, 2.05) is 49.4 Å². The number of aryl methyl sites for hydroxylation is 2. The first-order valence-electron chi connectivity index (χ1n) is 8.23. The van der Waals surface area contributed by atoms with Crippen molar-refractivity contribution in [1.29, 1.82) is 0 Å². The van der Waals surface area contributed by atoms with Crippen molar-refractivity contribution in [2.45, 2.75) is 26.2 Å². The summed E-state index contributed by atoms with van der Waals surface area (Å²) < 4.78 is 0. The molecule has 128 valence electrons. The molecule has 0 saturated carbocycles. The zero-order chi connectivity index (χ0) is 17.8. The van der Waals surface area contributed by atoms with E-state index in [-0.39, 0.29) is 12.3 Å². The molecule has 5 nitrogen and oxygen atoms in total. The standard InChI is InChI=1S/C20H20N2O3/c1-13-4-2-6-17-19(13)16(20(25)22-17)12-21-15-10-8-14(9-11-15)5-3-7-18(23)24/h2,4,6,8-12,21H,3,5,7H2,1H3,(H,22,25)(H,23,24)/b16-12-. The number of amides is 1. The van der Waals surface area contributed by atoms with Gasteiger partial charge < -0.3 is 15.7 Å². The first-order chi connectivity index (χ1) is 12.0. The third-order valence-electron chi connectivity index (χ3n) is 4.23. The van der Waals surface area contributed by atoms with Gasteiger partial charge in [-0.3, -0.25) is 9.59 Å². The average Bonchev–Trinajstić information content (AvgIpc) is 2.90. The third-order valence-corrected chi connectivity index (χ3v) is 4.23. The molecule has 0 aliphatic carbocycles. The molecule has 25 heavy (non-hydrogen) atoms. The van der Waals surface area contributed by atoms with Gasteiger partial charge in [0.2, 0.25) is 0 Å². The van der Waals surface area contributed by atoms with Gasteiger partial charge in [-0.1, -0.05) is 24.3 Å². The summed E-state index contributed by atoms with van der Waals surface area (Å²) >= 11 is 0. The fourth-order valence-corrected chi connectivity index (χ4v) is 2.94. The lowest BCUT2D eigenvalue weighted by Crippen LogP contribution is -2.05. The van der Waals surface area contributed by atoms with Crippen LogP contribution in [0.3, 0.4) is 0 Å². The van der Waals surface area contributed by atoms with Gasteiger partial charge in [-0.05, 0) is 49.1 Å². The summed E-state index contributed by atoms with van der Waals surface area (Å²) in [7, 11) is 0. The molecule has 3 N–H and O–H groups in total. The van der Waals surface area contributed by atoms with Crippen LogP contribution in [-0.2, 0) is 16.0 Å². The van der Waals surface area contributed by atoms with Gasteiger partial charge in [-0.15, -0.1) is 0 Å². The molecule has 0 fully saturated rings. The van der Waals surface area contributed by atoms with Gasteiger partial charge in [0.1, 0.15) is 0 Å². The van der Waals surface area contributed by atoms with Crippen molar-refractivity contribution in [1.82, 2.24) is 0 Å². The molecule has 0 aromatic heterocycles. The Morgan fingerprint density at radius 1 is 1.20 bits per heavy atom. The lowest BCUT2D eigenvalue weighted by atomic mass is 10.0. The normalized spacial score (nSPS) is 14.3. The van der Waals surface area contributed by atoms with Crippen molar-refractivity contribution in [2.75, 3.05) is 10.6 Å². The van der Waals surface area contributed by atoms with Gasteiger partial charge in [0, 0.05) is 29.6 Å². The van der Waals surface area contributed by atoms with Crippen LogP contribution in [-0.4, -0.2) is 17.0 Å². The van der Waals surface area contributed by atoms with Gasteiger partial charge in [0.25, 0.3) is 5.91 Å². The second-order valence-electron chi connectivity index (χ2n) is 6.10. The molecule has 2 aromatic rings. The highest BCUT2D eigenvalue weighted by molar-refractivity contribution is 6.32. The van der Waals surface area contributed by atoms with Crippen LogP contribution in [0.5, 0.6) is 0 Å². The molecule has 3 rings (SSSR count). The number of carbonyl (C=O) groups excluding carboxylic acids is 1. The monoisotopic (exact) mass is 336 g/mol. The molecule has 1 heterocycles. The number of rotatable bonds is 6. The Morgan fingerprint density at radius 2 is 1.96 bits per heavy atom. The van der Waals surface area contributed by atoms with Crippen LogP contribution in [0, 0.1) is 6.92 Å². The zero-order valence-corrected chi connectivity index (χ0v) is 14.0. The first kappa shape index (κ1) is 16.8. The minimum atomic E-state index is -0.768. The van der Waals surface area contributed by atoms with Crippen molar-refractivity contribution in [3.05, 3.63) is 65.4 Å². The topological polar surface area (TPSA) is 78.4 Å². The molecule has 5 heteroatoms. The largest absolute Gasteiger partial charge is 0.481 e. The van der Waals surface area contributed by atoms with Crippen LogP contribution in [0.1, 0.15) is 29.5 Å². The second kappa shape index (κ2) is 7.21. The highest BCUT2D eigenvalue weighted by Gasteiger charge is 2.25. The number of anilines is 2. The van der Waals surface area contributed by atoms with Gasteiger partial charge >= 0.3 is 5.97 Å². The van der Waals surface area contributed by atoms with Gasteiger partial charge in [-0.2, -0.15) is 0 Å². The molecule has 1 aliphatic rings. The minimum absolute atomic E-state index is 0.109. The lowest BCUT2D eigenvalue weighted by Gasteiger charge is -2.06. The maximum atomic E-state index is 12.2. The Bertz CT molecular complexity index is 839. The third kappa shape index (κ3) is 3.88. The van der Waals surface area contributed by atoms with Crippen molar-refractivity contribution in [3.8, 4) is 0 Å². The van der Waals surface area contributed by atoms with Crippen LogP contribution in [0.2, 0.25) is 0 Å². The minimum Gasteiger partial charge on any atom is -0.481 e. The highest BCUT2D eigenvalue weighted by atomic mass is 16.4. The maximum Gasteiger partial charge on any atom is 0.303 e. The van der Waals surface area contributed by atoms with E-state index in [1.165, 1.54) is 0 Å². The van der Waals surface area contributed by atoms with Crippen molar-refractivity contribution in [3.63, 3.8) is 0 Å². The molecule has 2 aromatic carbocycles. The first-order valence-corrected chi connectivity index (χ1v) is 8.23. The number of carbonyl (C=O) groups is 2. The van der Waals surface area contributed by atoms with E-state index in [9.17, 15) is 9.59 Å². The Hall–Kier alpha value is -3.08. The van der Waals surface area contributed by atoms with Crippen LogP contribution in [0.4, 0.5) is 11.4 Å². The molecule has 0 saturated heterocycles. The predicted molar refractivity (Wildman–Crippen MR) is 98.4 cm³/mol. The smallest absolute Gasteiger partial charge is 0.303 e. The van der Waals surface area contributed by atoms with Crippen molar-refractivity contribution >= 4 is 28.8 Å². The molecule has 0 radical (unpaired) electrons. The summed E-state index contributed by atoms with van der Waals surface area (Å²) in [4.78, 5) is 22.7. The summed E-state index contributed by atoms with van der Waals surface area (Å²) in [6.07, 6.45) is 3.28. The summed E-state index contributed by atoms with van der Waals surface area (Å²) in [6.45, 7) is 1.98. The van der Waals surface area contributed by atoms with Gasteiger partial charge in [-0.25, -0.2) is 0 Å². The van der Waals surface area contributed by atoms with Gasteiger partial charge in [0.05, 0.1) is 5.57 Å². The molecule has 1 amide bonds. The van der Waals surface area contributed by atoms with E-state index in [0.717, 1.165) is 34.5 Å². The SMILES string of the molecule is Cc1cccc2c1/C(=C/Nc1ccc(CCCC(=O)O)cc1)C(=O)N2. The maximum absolute atomic E-state index is 12.2. The fourth-order valence-electron chi connectivity index (χ4n) is 2.94. The van der Waals surface area contributed by atoms with Crippen molar-refractivity contribution < 1.29 is 14.7 Å². The zero-order valence-electron chi connectivity index (χ0n) is 14.0. The van der Waals surface area contributed by atoms with E-state index in [1.54, 1.807) is 6.20 Å². The van der Waals surface area contributed by atoms with Crippen LogP contribution in [0.25, 0.3) is 5.57 Å². The van der Waals surface area contributed by atoms with Crippen LogP contribution in [0.15, 0.2) is 48.7 Å². The lowest BCUT2D eigenvalue weighted by molar-refractivity contribution is -0.137. The fraction of sp³-hybridized carbons (Fsp3) is 0.200. The summed E-state index contributed by atoms with van der Waals surface area (Å²) in [5.74, 6) is -0.877. The van der Waals surface area contributed by atoms with E-state index < -0.39 is 5.97 Å². The molecule has 0 spiro atoms. The number of nitrogens with one attached hydrogen (secondary N) is 2. The van der Waals surface area contributed by atoms with Crippen LogP contribution >= 0.6 is 0 Å². The Kier molecular flexibility index (Phi) is 4.84. The van der Waals surface area contributed by atoms with Crippen LogP contribution < -0.4 is 10.6 Å². The summed E-state index contributed by atoms with van der Waals surface area (Å²) in [5.41, 5.74) is 5.43. The quantitative estimate of drug-likeness (QED) is 0.701. The second-order valence-corrected chi connectivity index (χ2v) is 6.10. The summed E-state index contributed by atoms with van der Waals surface area (Å²) in [6, 6.07) is 13.6. The van der Waals surface area contributed by atoms with E-state index in [2.05, 4.69) is 10.6 Å². The average molecular weight is 336 g/mol. The highest BCUT2D eigenvalue weighted by Crippen LogP contribution is 2.34. The van der Waals surface area contributed by atoms with E-state index in [0.29, 0.717) is 12.0 Å². The van der Waals surface area contributed by atoms with E-state index >= 15 is 0 Å². The molecule has 0 atom stereocenters. The molecule has 0 unspecified atom stereocenters. The van der Waals surface area contributed by atoms with Crippen molar-refractivity contribution in [2.24, 2.45) is 0 Å². The number of carboxylic acid groups (broad SMARTS) is 1. The molecular formula is C20H20N2O3. The van der Waals surface area contributed by atoms with Gasteiger partial charge in [0.15, 0.2) is 0 Å². The number of fused-ring (bicyclic) bond motifs is 1. The number of carboxylic acids is 1. The van der Waals surface area contributed by atoms with E-state index in [4.69, 9.17) is 5.11 Å². The Labute approximate surface area is 146 Å². The Balaban J connectivity index is 1.69. The molecular weight excluding hydrogens is 316 g/mol. The number of hydrogen-bond donors (Lipinski definition) is 3. The molecule has 1 aliphatic heterocycles.